The standard InChI is InChI=1S/C15H15N3O2/c1-10-5-6-14(12(8-10)4-3-7-19)17-15(20)13-9-16-18-11(13)2/h5-6,8-9,19H,7H2,1-2H3,(H,16,18)(H,17,20). The lowest BCUT2D eigenvalue weighted by Crippen LogP contribution is -2.13. The second kappa shape index (κ2) is 6.04. The highest BCUT2D eigenvalue weighted by molar-refractivity contribution is 6.05. The summed E-state index contributed by atoms with van der Waals surface area (Å²) in [4.78, 5) is 12.1. The van der Waals surface area contributed by atoms with Crippen molar-refractivity contribution in [3.63, 3.8) is 0 Å². The summed E-state index contributed by atoms with van der Waals surface area (Å²) in [6.45, 7) is 3.50. The first-order valence-electron chi connectivity index (χ1n) is 6.13. The van der Waals surface area contributed by atoms with Crippen molar-refractivity contribution in [1.29, 1.82) is 0 Å². The van der Waals surface area contributed by atoms with Crippen molar-refractivity contribution in [2.24, 2.45) is 0 Å². The number of aromatic nitrogens is 2. The van der Waals surface area contributed by atoms with Gasteiger partial charge in [0, 0.05) is 11.3 Å². The number of aryl methyl sites for hydroxylation is 2. The molecule has 0 spiro atoms. The highest BCUT2D eigenvalue weighted by atomic mass is 16.2. The zero-order chi connectivity index (χ0) is 14.5. The number of aliphatic hydroxyl groups excluding tert-OH is 1. The largest absolute Gasteiger partial charge is 0.384 e. The number of benzene rings is 1. The third-order valence-corrected chi connectivity index (χ3v) is 2.80. The molecule has 1 heterocycles. The summed E-state index contributed by atoms with van der Waals surface area (Å²) >= 11 is 0. The smallest absolute Gasteiger partial charge is 0.259 e. The van der Waals surface area contributed by atoms with Crippen LogP contribution in [-0.2, 0) is 0 Å². The van der Waals surface area contributed by atoms with Gasteiger partial charge in [-0.05, 0) is 31.5 Å². The summed E-state index contributed by atoms with van der Waals surface area (Å²) in [7, 11) is 0. The number of carbonyl (C=O) groups is 1. The van der Waals surface area contributed by atoms with Crippen molar-refractivity contribution in [2.75, 3.05) is 11.9 Å². The molecule has 2 rings (SSSR count). The Bertz CT molecular complexity index is 693. The first-order valence-corrected chi connectivity index (χ1v) is 6.13. The number of anilines is 1. The van der Waals surface area contributed by atoms with Crippen LogP contribution < -0.4 is 5.32 Å². The lowest BCUT2D eigenvalue weighted by Gasteiger charge is -2.08. The topological polar surface area (TPSA) is 78.0 Å². The SMILES string of the molecule is Cc1ccc(NC(=O)c2cn[nH]c2C)c(C#CCO)c1. The molecule has 0 bridgehead atoms. The van der Waals surface area contributed by atoms with Gasteiger partial charge in [0.15, 0.2) is 0 Å². The average Bonchev–Trinajstić information content (AvgIpc) is 2.85. The van der Waals surface area contributed by atoms with Gasteiger partial charge < -0.3 is 10.4 Å². The van der Waals surface area contributed by atoms with E-state index in [0.717, 1.165) is 5.56 Å². The quantitative estimate of drug-likeness (QED) is 0.725. The van der Waals surface area contributed by atoms with E-state index in [1.165, 1.54) is 6.20 Å². The van der Waals surface area contributed by atoms with Gasteiger partial charge in [0.05, 0.1) is 17.4 Å². The van der Waals surface area contributed by atoms with Crippen LogP contribution in [0.15, 0.2) is 24.4 Å². The van der Waals surface area contributed by atoms with Crippen LogP contribution in [0.1, 0.15) is 27.2 Å². The van der Waals surface area contributed by atoms with Gasteiger partial charge in [0.25, 0.3) is 5.91 Å². The maximum Gasteiger partial charge on any atom is 0.259 e. The Morgan fingerprint density at radius 1 is 1.45 bits per heavy atom. The van der Waals surface area contributed by atoms with Crippen LogP contribution in [0.2, 0.25) is 0 Å². The van der Waals surface area contributed by atoms with Crippen LogP contribution in [-0.4, -0.2) is 27.8 Å². The van der Waals surface area contributed by atoms with Gasteiger partial charge in [-0.3, -0.25) is 9.89 Å². The molecule has 1 aromatic carbocycles. The molecule has 5 nitrogen and oxygen atoms in total. The molecule has 0 atom stereocenters. The van der Waals surface area contributed by atoms with Gasteiger partial charge in [0.1, 0.15) is 6.61 Å². The minimum absolute atomic E-state index is 0.220. The highest BCUT2D eigenvalue weighted by Crippen LogP contribution is 2.18. The first-order chi connectivity index (χ1) is 9.61. The number of aliphatic hydroxyl groups is 1. The molecular formula is C15H15N3O2. The van der Waals surface area contributed by atoms with E-state index in [-0.39, 0.29) is 12.5 Å². The molecule has 102 valence electrons. The number of hydrogen-bond acceptors (Lipinski definition) is 3. The third kappa shape index (κ3) is 3.05. The van der Waals surface area contributed by atoms with Crippen molar-refractivity contribution in [1.82, 2.24) is 10.2 Å². The summed E-state index contributed by atoms with van der Waals surface area (Å²) in [5.74, 6) is 5.17. The van der Waals surface area contributed by atoms with Gasteiger partial charge in [0.2, 0.25) is 0 Å². The minimum atomic E-state index is -0.243. The fourth-order valence-electron chi connectivity index (χ4n) is 1.77. The molecule has 3 N–H and O–H groups in total. The maximum atomic E-state index is 12.1. The minimum Gasteiger partial charge on any atom is -0.384 e. The number of hydrogen-bond donors (Lipinski definition) is 3. The molecule has 0 aliphatic rings. The Labute approximate surface area is 117 Å². The van der Waals surface area contributed by atoms with Crippen LogP contribution >= 0.6 is 0 Å². The summed E-state index contributed by atoms with van der Waals surface area (Å²) in [5, 5.41) is 18.1. The van der Waals surface area contributed by atoms with Gasteiger partial charge in [-0.2, -0.15) is 5.10 Å². The fraction of sp³-hybridized carbons (Fsp3) is 0.200. The molecule has 1 amide bonds. The molecule has 0 aliphatic heterocycles. The molecule has 0 aliphatic carbocycles. The normalized spacial score (nSPS) is 9.75. The van der Waals surface area contributed by atoms with E-state index in [4.69, 9.17) is 5.11 Å². The molecule has 0 saturated heterocycles. The maximum absolute atomic E-state index is 12.1. The number of H-pyrrole nitrogens is 1. The number of amides is 1. The average molecular weight is 269 g/mol. The molecule has 1 aromatic heterocycles. The molecule has 0 fully saturated rings. The Morgan fingerprint density at radius 2 is 2.25 bits per heavy atom. The van der Waals surface area contributed by atoms with Crippen LogP contribution in [0.5, 0.6) is 0 Å². The van der Waals surface area contributed by atoms with E-state index >= 15 is 0 Å². The highest BCUT2D eigenvalue weighted by Gasteiger charge is 2.12. The van der Waals surface area contributed by atoms with E-state index in [0.29, 0.717) is 22.5 Å². The summed E-state index contributed by atoms with van der Waals surface area (Å²) in [5.41, 5.74) is 3.52. The number of carbonyl (C=O) groups excluding carboxylic acids is 1. The molecule has 0 saturated carbocycles. The van der Waals surface area contributed by atoms with Crippen LogP contribution in [0.25, 0.3) is 0 Å². The number of rotatable bonds is 2. The number of aromatic amines is 1. The molecule has 5 heteroatoms. The Kier molecular flexibility index (Phi) is 4.18. The Morgan fingerprint density at radius 3 is 2.90 bits per heavy atom. The van der Waals surface area contributed by atoms with Crippen molar-refractivity contribution in [2.45, 2.75) is 13.8 Å². The lowest BCUT2D eigenvalue weighted by molar-refractivity contribution is 0.102. The van der Waals surface area contributed by atoms with Crippen LogP contribution in [0.4, 0.5) is 5.69 Å². The summed E-state index contributed by atoms with van der Waals surface area (Å²) in [6.07, 6.45) is 1.48. The van der Waals surface area contributed by atoms with E-state index < -0.39 is 0 Å². The van der Waals surface area contributed by atoms with Crippen LogP contribution in [0, 0.1) is 25.7 Å². The van der Waals surface area contributed by atoms with E-state index in [2.05, 4.69) is 27.4 Å². The predicted molar refractivity (Wildman–Crippen MR) is 76.4 cm³/mol. The van der Waals surface area contributed by atoms with E-state index in [1.54, 1.807) is 13.0 Å². The second-order valence-corrected chi connectivity index (χ2v) is 4.37. The first kappa shape index (κ1) is 13.8. The van der Waals surface area contributed by atoms with Crippen molar-refractivity contribution in [3.05, 3.63) is 46.8 Å². The lowest BCUT2D eigenvalue weighted by atomic mass is 10.1. The summed E-state index contributed by atoms with van der Waals surface area (Å²) < 4.78 is 0. The van der Waals surface area contributed by atoms with Gasteiger partial charge in [-0.15, -0.1) is 0 Å². The van der Waals surface area contributed by atoms with Gasteiger partial charge >= 0.3 is 0 Å². The van der Waals surface area contributed by atoms with Crippen LogP contribution in [0.3, 0.4) is 0 Å². The second-order valence-electron chi connectivity index (χ2n) is 4.37. The molecule has 0 unspecified atom stereocenters. The van der Waals surface area contributed by atoms with Crippen molar-refractivity contribution >= 4 is 11.6 Å². The van der Waals surface area contributed by atoms with Crippen molar-refractivity contribution in [3.8, 4) is 11.8 Å². The zero-order valence-corrected chi connectivity index (χ0v) is 11.3. The van der Waals surface area contributed by atoms with E-state index in [1.807, 2.05) is 19.1 Å². The molecule has 0 radical (unpaired) electrons. The zero-order valence-electron chi connectivity index (χ0n) is 11.3. The molecule has 20 heavy (non-hydrogen) atoms. The monoisotopic (exact) mass is 269 g/mol. The predicted octanol–water partition coefficient (Wildman–Crippen LogP) is 1.62. The van der Waals surface area contributed by atoms with E-state index in [9.17, 15) is 4.79 Å². The third-order valence-electron chi connectivity index (χ3n) is 2.80. The molecule has 2 aromatic rings. The Hall–Kier alpha value is -2.58. The molecular weight excluding hydrogens is 254 g/mol. The Balaban J connectivity index is 2.29. The fourth-order valence-corrected chi connectivity index (χ4v) is 1.77. The van der Waals surface area contributed by atoms with Crippen molar-refractivity contribution < 1.29 is 9.90 Å². The summed E-state index contributed by atoms with van der Waals surface area (Å²) in [6, 6.07) is 5.55. The van der Waals surface area contributed by atoms with Gasteiger partial charge in [-0.1, -0.05) is 17.9 Å². The number of nitrogens with zero attached hydrogens (tertiary/aromatic N) is 1. The van der Waals surface area contributed by atoms with Gasteiger partial charge in [-0.25, -0.2) is 0 Å². The number of nitrogens with one attached hydrogen (secondary N) is 2.